The van der Waals surface area contributed by atoms with Crippen molar-refractivity contribution in [3.05, 3.63) is 24.0 Å². The maximum atomic E-state index is 10.0. The van der Waals surface area contributed by atoms with Crippen LogP contribution in [0, 0.1) is 11.8 Å². The van der Waals surface area contributed by atoms with E-state index in [0.29, 0.717) is 5.57 Å². The van der Waals surface area contributed by atoms with Crippen LogP contribution in [0.2, 0.25) is 0 Å². The van der Waals surface area contributed by atoms with Gasteiger partial charge in [0.2, 0.25) is 6.29 Å². The van der Waals surface area contributed by atoms with Crippen molar-refractivity contribution >= 4 is 0 Å². The Labute approximate surface area is 138 Å². The summed E-state index contributed by atoms with van der Waals surface area (Å²) in [4.78, 5) is 0. The van der Waals surface area contributed by atoms with Crippen LogP contribution in [0.15, 0.2) is 24.0 Å². The van der Waals surface area contributed by atoms with Crippen LogP contribution in [0.4, 0.5) is 0 Å². The highest BCUT2D eigenvalue weighted by Gasteiger charge is 2.49. The fourth-order valence-electron chi connectivity index (χ4n) is 3.38. The van der Waals surface area contributed by atoms with Gasteiger partial charge in [-0.05, 0) is 11.6 Å². The second-order valence-electron chi connectivity index (χ2n) is 6.16. The van der Waals surface area contributed by atoms with Crippen molar-refractivity contribution < 1.29 is 44.8 Å². The summed E-state index contributed by atoms with van der Waals surface area (Å²) >= 11 is 0. The van der Waals surface area contributed by atoms with Crippen LogP contribution < -0.4 is 0 Å². The first-order valence-electron chi connectivity index (χ1n) is 7.75. The van der Waals surface area contributed by atoms with Crippen LogP contribution in [0.3, 0.4) is 0 Å². The highest BCUT2D eigenvalue weighted by molar-refractivity contribution is 5.25. The lowest BCUT2D eigenvalue weighted by Crippen LogP contribution is -2.60. The lowest BCUT2D eigenvalue weighted by atomic mass is 9.88. The fourth-order valence-corrected chi connectivity index (χ4v) is 3.38. The molecule has 6 N–H and O–H groups in total. The summed E-state index contributed by atoms with van der Waals surface area (Å²) in [6.45, 7) is -0.854. The Hall–Kier alpha value is -1.04. The second kappa shape index (κ2) is 7.06. The molecule has 0 spiro atoms. The Morgan fingerprint density at radius 2 is 1.75 bits per heavy atom. The number of fused-ring (bicyclic) bond motifs is 1. The second-order valence-corrected chi connectivity index (χ2v) is 6.16. The molecule has 0 aromatic rings. The van der Waals surface area contributed by atoms with Gasteiger partial charge in [-0.15, -0.1) is 0 Å². The third kappa shape index (κ3) is 2.98. The van der Waals surface area contributed by atoms with Crippen molar-refractivity contribution in [1.29, 1.82) is 0 Å². The van der Waals surface area contributed by atoms with E-state index in [0.717, 1.165) is 0 Å². The van der Waals surface area contributed by atoms with Crippen LogP contribution in [0.5, 0.6) is 0 Å². The number of aliphatic hydroxyl groups excluding tert-OH is 6. The largest absolute Gasteiger partial charge is 0.472 e. The van der Waals surface area contributed by atoms with Crippen LogP contribution in [0.1, 0.15) is 0 Å². The Morgan fingerprint density at radius 3 is 2.42 bits per heavy atom. The molecule has 3 aliphatic rings. The quantitative estimate of drug-likeness (QED) is 0.297. The number of hydrogen-bond acceptors (Lipinski definition) is 9. The zero-order valence-electron chi connectivity index (χ0n) is 12.8. The van der Waals surface area contributed by atoms with Gasteiger partial charge in [-0.1, -0.05) is 6.08 Å². The zero-order chi connectivity index (χ0) is 17.4. The molecule has 0 amide bonds. The van der Waals surface area contributed by atoms with E-state index in [4.69, 9.17) is 14.2 Å². The molecule has 9 atom stereocenters. The van der Waals surface area contributed by atoms with E-state index in [-0.39, 0.29) is 12.5 Å². The highest BCUT2D eigenvalue weighted by atomic mass is 16.8. The third-order valence-corrected chi connectivity index (χ3v) is 4.73. The molecule has 2 aliphatic heterocycles. The molecule has 0 radical (unpaired) electrons. The average molecular weight is 346 g/mol. The molecular weight excluding hydrogens is 324 g/mol. The smallest absolute Gasteiger partial charge is 0.209 e. The number of aliphatic hydroxyl groups is 6. The van der Waals surface area contributed by atoms with Crippen molar-refractivity contribution in [1.82, 2.24) is 0 Å². The fraction of sp³-hybridized carbons (Fsp3) is 0.733. The summed E-state index contributed by atoms with van der Waals surface area (Å²) in [5.74, 6) is -0.835. The number of rotatable bonds is 4. The Morgan fingerprint density at radius 1 is 1.00 bits per heavy atom. The molecule has 0 bridgehead atoms. The molecule has 9 nitrogen and oxygen atoms in total. The maximum absolute atomic E-state index is 10.0. The molecule has 3 rings (SSSR count). The lowest BCUT2D eigenvalue weighted by molar-refractivity contribution is -0.339. The number of ether oxygens (including phenoxy) is 3. The third-order valence-electron chi connectivity index (χ3n) is 4.73. The van der Waals surface area contributed by atoms with Crippen LogP contribution in [-0.4, -0.2) is 87.0 Å². The average Bonchev–Trinajstić information content (AvgIpc) is 2.92. The Balaban J connectivity index is 1.75. The molecule has 0 aromatic heterocycles. The van der Waals surface area contributed by atoms with Gasteiger partial charge in [-0.3, -0.25) is 0 Å². The van der Waals surface area contributed by atoms with Crippen LogP contribution >= 0.6 is 0 Å². The van der Waals surface area contributed by atoms with Crippen LogP contribution in [-0.2, 0) is 14.2 Å². The van der Waals surface area contributed by atoms with Gasteiger partial charge in [0.15, 0.2) is 6.29 Å². The minimum Gasteiger partial charge on any atom is -0.472 e. The van der Waals surface area contributed by atoms with Gasteiger partial charge in [0.1, 0.15) is 24.4 Å². The maximum Gasteiger partial charge on any atom is 0.209 e. The molecule has 9 heteroatoms. The topological polar surface area (TPSA) is 149 Å². The number of hydrogen-bond donors (Lipinski definition) is 6. The predicted octanol–water partition coefficient (Wildman–Crippen LogP) is -2.80. The van der Waals surface area contributed by atoms with Gasteiger partial charge in [0.05, 0.1) is 31.5 Å². The molecule has 1 unspecified atom stereocenters. The summed E-state index contributed by atoms with van der Waals surface area (Å²) in [7, 11) is 0. The highest BCUT2D eigenvalue weighted by Crippen LogP contribution is 2.40. The standard InChI is InChI=1S/C15H22O9/c16-4-6-3-8(18)7-1-2-22-14(10(6)7)24-15-13(21)12(20)11(19)9(5-17)23-15/h1-3,7-21H,4-5H2/t7-,8+,9+,10?,11+,12-,13+,14-,15-/m0/s1. The van der Waals surface area contributed by atoms with Crippen molar-refractivity contribution in [3.63, 3.8) is 0 Å². The lowest BCUT2D eigenvalue weighted by Gasteiger charge is -2.42. The van der Waals surface area contributed by atoms with Crippen LogP contribution in [0.25, 0.3) is 0 Å². The van der Waals surface area contributed by atoms with Gasteiger partial charge < -0.3 is 44.8 Å². The summed E-state index contributed by atoms with van der Waals surface area (Å²) in [5.41, 5.74) is 0.534. The summed E-state index contributed by atoms with van der Waals surface area (Å²) in [5, 5.41) is 58.3. The minimum absolute atomic E-state index is 0.288. The zero-order valence-corrected chi connectivity index (χ0v) is 12.8. The summed E-state index contributed by atoms with van der Waals surface area (Å²) < 4.78 is 16.3. The van der Waals surface area contributed by atoms with Crippen molar-refractivity contribution in [2.75, 3.05) is 13.2 Å². The normalized spacial score (nSPS) is 47.9. The Kier molecular flexibility index (Phi) is 5.23. The van der Waals surface area contributed by atoms with Gasteiger partial charge in [-0.25, -0.2) is 0 Å². The van der Waals surface area contributed by atoms with E-state index in [1.165, 1.54) is 12.3 Å². The van der Waals surface area contributed by atoms with Gasteiger partial charge in [-0.2, -0.15) is 0 Å². The molecule has 0 saturated carbocycles. The molecule has 1 fully saturated rings. The van der Waals surface area contributed by atoms with Crippen molar-refractivity contribution in [2.45, 2.75) is 43.1 Å². The Bertz CT molecular complexity index is 505. The molecular formula is C15H22O9. The van der Waals surface area contributed by atoms with Gasteiger partial charge in [0, 0.05) is 5.92 Å². The summed E-state index contributed by atoms with van der Waals surface area (Å²) in [6, 6.07) is 0. The van der Waals surface area contributed by atoms with Gasteiger partial charge in [0.25, 0.3) is 0 Å². The molecule has 136 valence electrons. The minimum atomic E-state index is -1.56. The molecule has 2 heterocycles. The van der Waals surface area contributed by atoms with Crippen molar-refractivity contribution in [3.8, 4) is 0 Å². The first-order chi connectivity index (χ1) is 11.5. The van der Waals surface area contributed by atoms with Gasteiger partial charge >= 0.3 is 0 Å². The van der Waals surface area contributed by atoms with E-state index in [1.807, 2.05) is 0 Å². The van der Waals surface area contributed by atoms with E-state index in [9.17, 15) is 30.6 Å². The van der Waals surface area contributed by atoms with E-state index in [1.54, 1.807) is 6.08 Å². The van der Waals surface area contributed by atoms with Crippen molar-refractivity contribution in [2.24, 2.45) is 11.8 Å². The van der Waals surface area contributed by atoms with E-state index >= 15 is 0 Å². The first-order valence-corrected chi connectivity index (χ1v) is 7.75. The molecule has 1 saturated heterocycles. The predicted molar refractivity (Wildman–Crippen MR) is 77.0 cm³/mol. The first kappa shape index (κ1) is 17.8. The molecule has 24 heavy (non-hydrogen) atoms. The SMILES string of the molecule is OCC1=C[C@@H](O)[C@@H]2C=CO[C@@H](O[C@@H]3O[C@H](CO)[C@@H](O)[C@H](O)[C@H]3O)C12. The van der Waals surface area contributed by atoms with E-state index < -0.39 is 55.6 Å². The molecule has 0 aromatic carbocycles. The monoisotopic (exact) mass is 346 g/mol. The summed E-state index contributed by atoms with van der Waals surface area (Å²) in [6.07, 6.45) is -4.27. The molecule has 1 aliphatic carbocycles. The van der Waals surface area contributed by atoms with E-state index in [2.05, 4.69) is 0 Å².